The molecule has 0 spiro atoms. The fourth-order valence-electron chi connectivity index (χ4n) is 1.47. The lowest BCUT2D eigenvalue weighted by Crippen LogP contribution is -2.22. The van der Waals surface area contributed by atoms with Gasteiger partial charge >= 0.3 is 5.97 Å². The van der Waals surface area contributed by atoms with Gasteiger partial charge in [-0.2, -0.15) is 19.6 Å². The highest BCUT2D eigenvalue weighted by Crippen LogP contribution is 2.27. The summed E-state index contributed by atoms with van der Waals surface area (Å²) in [6, 6.07) is 2.88. The number of hydrogen-bond acceptors (Lipinski definition) is 5. The van der Waals surface area contributed by atoms with Gasteiger partial charge in [0.2, 0.25) is 0 Å². The second-order valence-corrected chi connectivity index (χ2v) is 11.4. The van der Waals surface area contributed by atoms with Gasteiger partial charge in [-0.15, -0.1) is 14.1 Å². The van der Waals surface area contributed by atoms with E-state index in [1.54, 1.807) is 0 Å². The Kier molecular flexibility index (Phi) is 6.16. The van der Waals surface area contributed by atoms with E-state index < -0.39 is 25.6 Å². The van der Waals surface area contributed by atoms with Crippen molar-refractivity contribution in [2.45, 2.75) is 25.7 Å². The van der Waals surface area contributed by atoms with E-state index >= 15 is 0 Å². The maximum absolute atomic E-state index is 13.3. The van der Waals surface area contributed by atoms with Crippen molar-refractivity contribution in [2.24, 2.45) is 0 Å². The van der Waals surface area contributed by atoms with E-state index in [1.165, 1.54) is 7.11 Å². The molecule has 1 N–H and O–H groups in total. The van der Waals surface area contributed by atoms with Gasteiger partial charge < -0.3 is 19.3 Å². The van der Waals surface area contributed by atoms with Crippen molar-refractivity contribution in [1.29, 1.82) is 0 Å². The van der Waals surface area contributed by atoms with Crippen molar-refractivity contribution < 1.29 is 28.5 Å². The highest BCUT2D eigenvalue weighted by Gasteiger charge is 2.17. The molecule has 0 bridgehead atoms. The van der Waals surface area contributed by atoms with Crippen LogP contribution in [0.2, 0.25) is 25.7 Å². The molecule has 0 fully saturated rings. The first-order valence-corrected chi connectivity index (χ1v) is 10.3. The molecule has 0 saturated carbocycles. The number of hydrogen-bond donors (Lipinski definition) is 1. The second kappa shape index (κ2) is 7.42. The lowest BCUT2D eigenvalue weighted by atomic mass is 10.2. The summed E-state index contributed by atoms with van der Waals surface area (Å²) in [7, 11) is 0.00625. The summed E-state index contributed by atoms with van der Waals surface area (Å²) in [6.45, 7) is 7.12. The Morgan fingerprint density at radius 3 is 2.57 bits per heavy atom. The largest absolute Gasteiger partial charge is 0.505 e. The number of rotatable bonds is 7. The summed E-state index contributed by atoms with van der Waals surface area (Å²) in [5.41, 5.74) is -0.0507. The quantitative estimate of drug-likeness (QED) is 0.362. The van der Waals surface area contributed by atoms with Gasteiger partial charge in [-0.05, 0) is 0 Å². The van der Waals surface area contributed by atoms with Crippen LogP contribution in [-0.4, -0.2) is 39.7 Å². The maximum Gasteiger partial charge on any atom is 0.341 e. The highest BCUT2D eigenvalue weighted by atomic mass is 28.3. The molecule has 119 valence electrons. The van der Waals surface area contributed by atoms with Gasteiger partial charge in [0, 0.05) is 18.7 Å². The van der Waals surface area contributed by atoms with Crippen LogP contribution in [0, 0.1) is 5.82 Å². The summed E-state index contributed by atoms with van der Waals surface area (Å²) < 4.78 is 28.5. The Bertz CT molecular complexity index is 499. The maximum atomic E-state index is 13.3. The summed E-state index contributed by atoms with van der Waals surface area (Å²) in [4.78, 5) is 11.5. The minimum Gasteiger partial charge on any atom is -0.505 e. The number of methoxy groups -OCH3 is 1. The van der Waals surface area contributed by atoms with Crippen molar-refractivity contribution in [1.82, 2.24) is 0 Å². The monoisotopic (exact) mass is 316 g/mol. The molecule has 1 aromatic carbocycles. The molecule has 0 saturated heterocycles. The average molecular weight is 316 g/mol. The molecule has 0 unspecified atom stereocenters. The van der Waals surface area contributed by atoms with Gasteiger partial charge in [0.15, 0.2) is 18.4 Å². The van der Waals surface area contributed by atoms with Crippen LogP contribution < -0.4 is 4.74 Å². The van der Waals surface area contributed by atoms with Crippen molar-refractivity contribution in [3.8, 4) is 11.5 Å². The van der Waals surface area contributed by atoms with Crippen LogP contribution in [0.5, 0.6) is 11.5 Å². The summed E-state index contributed by atoms with van der Waals surface area (Å²) >= 11 is 0. The Hall–Kier alpha value is -1.60. The highest BCUT2D eigenvalue weighted by molar-refractivity contribution is 6.76. The third-order valence-corrected chi connectivity index (χ3v) is 4.45. The number of aromatic hydroxyl groups is 1. The smallest absolute Gasteiger partial charge is 0.341 e. The van der Waals surface area contributed by atoms with Crippen LogP contribution in [0.15, 0.2) is 12.1 Å². The second-order valence-electron chi connectivity index (χ2n) is 5.77. The lowest BCUT2D eigenvalue weighted by molar-refractivity contribution is 0.0204. The number of esters is 1. The molecular weight excluding hydrogens is 295 g/mol. The first-order chi connectivity index (χ1) is 9.74. The molecular formula is C14H21FO5Si-. The number of halogens is 1. The van der Waals surface area contributed by atoms with Gasteiger partial charge in [0.25, 0.3) is 0 Å². The van der Waals surface area contributed by atoms with Crippen LogP contribution in [0.1, 0.15) is 10.4 Å². The Morgan fingerprint density at radius 1 is 1.33 bits per heavy atom. The SMILES string of the molecule is COC(=O)c1cc(O)c(F)cc1OCOCC[Si-](C)(C)C. The van der Waals surface area contributed by atoms with E-state index in [1.807, 2.05) is 0 Å². The van der Waals surface area contributed by atoms with Crippen LogP contribution in [0.3, 0.4) is 0 Å². The zero-order chi connectivity index (χ0) is 16.0. The van der Waals surface area contributed by atoms with Gasteiger partial charge in [-0.25, -0.2) is 9.18 Å². The molecule has 21 heavy (non-hydrogen) atoms. The minimum atomic E-state index is -1.19. The number of phenols is 1. The Balaban J connectivity index is 2.65. The molecule has 0 aliphatic rings. The zero-order valence-electron chi connectivity index (χ0n) is 12.7. The van der Waals surface area contributed by atoms with Crippen LogP contribution in [-0.2, 0) is 9.47 Å². The molecule has 0 aliphatic heterocycles. The fraction of sp³-hybridized carbons (Fsp3) is 0.500. The zero-order valence-corrected chi connectivity index (χ0v) is 13.7. The van der Waals surface area contributed by atoms with Crippen molar-refractivity contribution in [3.63, 3.8) is 0 Å². The van der Waals surface area contributed by atoms with Crippen molar-refractivity contribution >= 4 is 14.0 Å². The summed E-state index contributed by atoms with van der Waals surface area (Å²) in [5.74, 6) is -2.25. The number of benzene rings is 1. The van der Waals surface area contributed by atoms with Gasteiger partial charge in [0.1, 0.15) is 11.3 Å². The number of carbonyl (C=O) groups is 1. The molecule has 0 atom stereocenters. The van der Waals surface area contributed by atoms with E-state index in [4.69, 9.17) is 9.47 Å². The topological polar surface area (TPSA) is 65.0 Å². The predicted octanol–water partition coefficient (Wildman–Crippen LogP) is 3.01. The first-order valence-electron chi connectivity index (χ1n) is 6.56. The molecule has 0 aliphatic carbocycles. The molecule has 0 aromatic heterocycles. The van der Waals surface area contributed by atoms with Crippen LogP contribution in [0.25, 0.3) is 0 Å². The molecule has 1 aromatic rings. The van der Waals surface area contributed by atoms with Gasteiger partial charge in [-0.1, -0.05) is 0 Å². The van der Waals surface area contributed by atoms with Crippen LogP contribution in [0.4, 0.5) is 4.39 Å². The normalized spacial score (nSPS) is 11.3. The lowest BCUT2D eigenvalue weighted by Gasteiger charge is -2.26. The average Bonchev–Trinajstić information content (AvgIpc) is 2.39. The van der Waals surface area contributed by atoms with Gasteiger partial charge in [-0.3, -0.25) is 0 Å². The Morgan fingerprint density at radius 2 is 2.00 bits per heavy atom. The standard InChI is InChI=1S/C14H21FO5Si/c1-18-14(17)10-7-12(16)11(15)8-13(10)20-9-19-5-6-21(2,3)4/h7-8,16H,5-6,9H2,1-4H3/q-1. The molecule has 5 nitrogen and oxygen atoms in total. The van der Waals surface area contributed by atoms with Crippen molar-refractivity contribution in [2.75, 3.05) is 20.5 Å². The number of phenolic OH excluding ortho intramolecular Hbond substituents is 1. The molecule has 0 amide bonds. The predicted molar refractivity (Wildman–Crippen MR) is 79.0 cm³/mol. The van der Waals surface area contributed by atoms with Crippen LogP contribution >= 0.6 is 0 Å². The Labute approximate surface area is 124 Å². The fourth-order valence-corrected chi connectivity index (χ4v) is 2.23. The molecule has 0 heterocycles. The molecule has 1 rings (SSSR count). The van der Waals surface area contributed by atoms with E-state index in [-0.39, 0.29) is 18.1 Å². The third kappa shape index (κ3) is 5.72. The first kappa shape index (κ1) is 17.4. The summed E-state index contributed by atoms with van der Waals surface area (Å²) in [5, 5.41) is 9.30. The third-order valence-electron chi connectivity index (χ3n) is 2.75. The molecule has 0 radical (unpaired) electrons. The number of carbonyl (C=O) groups excluding carboxylic acids is 1. The van der Waals surface area contributed by atoms with E-state index in [0.29, 0.717) is 6.61 Å². The summed E-state index contributed by atoms with van der Waals surface area (Å²) in [6.07, 6.45) is 0. The minimum absolute atomic E-state index is 0.0230. The van der Waals surface area contributed by atoms with E-state index in [9.17, 15) is 14.3 Å². The van der Waals surface area contributed by atoms with E-state index in [0.717, 1.165) is 18.2 Å². The van der Waals surface area contributed by atoms with Crippen molar-refractivity contribution in [3.05, 3.63) is 23.5 Å². The molecule has 7 heteroatoms. The number of ether oxygens (including phenoxy) is 3. The van der Waals surface area contributed by atoms with E-state index in [2.05, 4.69) is 24.4 Å². The van der Waals surface area contributed by atoms with Gasteiger partial charge in [0.05, 0.1) is 7.11 Å².